The van der Waals surface area contributed by atoms with Crippen molar-refractivity contribution in [1.29, 1.82) is 0 Å². The van der Waals surface area contributed by atoms with Crippen LogP contribution in [-0.2, 0) is 5.41 Å². The van der Waals surface area contributed by atoms with Crippen LogP contribution >= 0.6 is 0 Å². The molecule has 0 saturated carbocycles. The molecule has 0 bridgehead atoms. The summed E-state index contributed by atoms with van der Waals surface area (Å²) in [5, 5.41) is 0. The molecule has 2 aromatic rings. The topological polar surface area (TPSA) is 49.3 Å². The van der Waals surface area contributed by atoms with Crippen LogP contribution in [0.1, 0.15) is 60.2 Å². The number of amides is 1. The summed E-state index contributed by atoms with van der Waals surface area (Å²) in [6, 6.07) is 8.08. The summed E-state index contributed by atoms with van der Waals surface area (Å²) in [6.45, 7) is 15.8. The third-order valence-corrected chi connectivity index (χ3v) is 5.56. The van der Waals surface area contributed by atoms with Crippen LogP contribution in [-0.4, -0.2) is 47.0 Å². The summed E-state index contributed by atoms with van der Waals surface area (Å²) >= 11 is 0. The highest BCUT2D eigenvalue weighted by molar-refractivity contribution is 5.94. The van der Waals surface area contributed by atoms with Gasteiger partial charge in [0.1, 0.15) is 11.6 Å². The fourth-order valence-electron chi connectivity index (χ4n) is 3.69. The highest BCUT2D eigenvalue weighted by Crippen LogP contribution is 2.24. The molecule has 1 aliphatic heterocycles. The highest BCUT2D eigenvalue weighted by atomic mass is 16.2. The van der Waals surface area contributed by atoms with Gasteiger partial charge in [-0.25, -0.2) is 9.97 Å². The first-order valence-corrected chi connectivity index (χ1v) is 10.1. The number of benzene rings is 1. The van der Waals surface area contributed by atoms with E-state index in [0.717, 1.165) is 54.5 Å². The molecule has 150 valence electrons. The SMILES string of the molecule is Cc1nc(C)c(C)c(N2CCCN(C(=O)c3ccc(C(C)(C)C)cc3)CC2)n1. The molecule has 1 aromatic carbocycles. The highest BCUT2D eigenvalue weighted by Gasteiger charge is 2.23. The van der Waals surface area contributed by atoms with Gasteiger partial charge in [-0.15, -0.1) is 0 Å². The maximum Gasteiger partial charge on any atom is 0.253 e. The Bertz CT molecular complexity index is 852. The molecule has 1 fully saturated rings. The Morgan fingerprint density at radius 3 is 2.25 bits per heavy atom. The Hall–Kier alpha value is -2.43. The average molecular weight is 381 g/mol. The molecule has 0 aliphatic carbocycles. The molecule has 0 N–H and O–H groups in total. The quantitative estimate of drug-likeness (QED) is 0.789. The van der Waals surface area contributed by atoms with E-state index in [9.17, 15) is 4.79 Å². The third kappa shape index (κ3) is 4.34. The van der Waals surface area contributed by atoms with Crippen molar-refractivity contribution in [2.75, 3.05) is 31.1 Å². The van der Waals surface area contributed by atoms with Crippen molar-refractivity contribution in [3.05, 3.63) is 52.5 Å². The molecule has 0 radical (unpaired) electrons. The average Bonchev–Trinajstić information content (AvgIpc) is 2.89. The van der Waals surface area contributed by atoms with Crippen molar-refractivity contribution in [3.63, 3.8) is 0 Å². The minimum absolute atomic E-state index is 0.0936. The summed E-state index contributed by atoms with van der Waals surface area (Å²) in [7, 11) is 0. The Kier molecular flexibility index (Phi) is 5.73. The number of carbonyl (C=O) groups excluding carboxylic acids is 1. The van der Waals surface area contributed by atoms with Crippen LogP contribution in [0.2, 0.25) is 0 Å². The lowest BCUT2D eigenvalue weighted by molar-refractivity contribution is 0.0767. The molecule has 1 aliphatic rings. The van der Waals surface area contributed by atoms with E-state index in [1.807, 2.05) is 30.9 Å². The van der Waals surface area contributed by atoms with Crippen LogP contribution in [0.3, 0.4) is 0 Å². The number of aromatic nitrogens is 2. The molecule has 0 atom stereocenters. The minimum atomic E-state index is 0.0936. The monoisotopic (exact) mass is 380 g/mol. The molecule has 1 saturated heterocycles. The Labute approximate surface area is 168 Å². The lowest BCUT2D eigenvalue weighted by Crippen LogP contribution is -2.35. The zero-order chi connectivity index (χ0) is 20.5. The molecule has 5 nitrogen and oxygen atoms in total. The van der Waals surface area contributed by atoms with Crippen molar-refractivity contribution in [2.24, 2.45) is 0 Å². The summed E-state index contributed by atoms with van der Waals surface area (Å²) in [5.74, 6) is 1.93. The van der Waals surface area contributed by atoms with E-state index in [0.29, 0.717) is 6.54 Å². The number of aryl methyl sites for hydroxylation is 2. The standard InChI is InChI=1S/C23H32N4O/c1-16-17(2)24-18(3)25-21(16)26-12-7-13-27(15-14-26)22(28)19-8-10-20(11-9-19)23(4,5)6/h8-11H,7,12-15H2,1-6H3. The van der Waals surface area contributed by atoms with Gasteiger partial charge in [0.15, 0.2) is 0 Å². The molecule has 1 aromatic heterocycles. The van der Waals surface area contributed by atoms with Gasteiger partial charge >= 0.3 is 0 Å². The van der Waals surface area contributed by atoms with Gasteiger partial charge in [0.25, 0.3) is 5.91 Å². The van der Waals surface area contributed by atoms with E-state index in [1.165, 1.54) is 5.56 Å². The molecule has 0 spiro atoms. The first kappa shape index (κ1) is 20.3. The smallest absolute Gasteiger partial charge is 0.253 e. The van der Waals surface area contributed by atoms with Gasteiger partial charge in [-0.1, -0.05) is 32.9 Å². The van der Waals surface area contributed by atoms with Gasteiger partial charge in [0, 0.05) is 43.0 Å². The molecule has 2 heterocycles. The van der Waals surface area contributed by atoms with Crippen molar-refractivity contribution in [1.82, 2.24) is 14.9 Å². The van der Waals surface area contributed by atoms with E-state index in [2.05, 4.69) is 54.7 Å². The van der Waals surface area contributed by atoms with Gasteiger partial charge in [-0.3, -0.25) is 4.79 Å². The van der Waals surface area contributed by atoms with Gasteiger partial charge in [-0.2, -0.15) is 0 Å². The number of anilines is 1. The van der Waals surface area contributed by atoms with Gasteiger partial charge in [-0.05, 0) is 50.3 Å². The molecule has 1 amide bonds. The first-order chi connectivity index (χ1) is 13.2. The molecule has 3 rings (SSSR count). The van der Waals surface area contributed by atoms with Crippen LogP contribution < -0.4 is 4.90 Å². The zero-order valence-corrected chi connectivity index (χ0v) is 18.0. The fourth-order valence-corrected chi connectivity index (χ4v) is 3.69. The van der Waals surface area contributed by atoms with E-state index >= 15 is 0 Å². The maximum absolute atomic E-state index is 13.0. The van der Waals surface area contributed by atoms with Gasteiger partial charge in [0.2, 0.25) is 0 Å². The van der Waals surface area contributed by atoms with Crippen LogP contribution in [0.15, 0.2) is 24.3 Å². The van der Waals surface area contributed by atoms with Crippen molar-refractivity contribution >= 4 is 11.7 Å². The van der Waals surface area contributed by atoms with E-state index in [4.69, 9.17) is 0 Å². The second-order valence-electron chi connectivity index (χ2n) is 8.76. The predicted octanol–water partition coefficient (Wildman–Crippen LogP) is 4.05. The van der Waals surface area contributed by atoms with Crippen LogP contribution in [0.25, 0.3) is 0 Å². The van der Waals surface area contributed by atoms with E-state index in [1.54, 1.807) is 0 Å². The molecular formula is C23H32N4O. The second kappa shape index (κ2) is 7.90. The second-order valence-corrected chi connectivity index (χ2v) is 8.76. The molecule has 5 heteroatoms. The van der Waals surface area contributed by atoms with E-state index in [-0.39, 0.29) is 11.3 Å². The van der Waals surface area contributed by atoms with Crippen LogP contribution in [0.5, 0.6) is 0 Å². The first-order valence-electron chi connectivity index (χ1n) is 10.1. The van der Waals surface area contributed by atoms with Gasteiger partial charge in [0.05, 0.1) is 0 Å². The Morgan fingerprint density at radius 1 is 0.929 bits per heavy atom. The van der Waals surface area contributed by atoms with Gasteiger partial charge < -0.3 is 9.80 Å². The summed E-state index contributed by atoms with van der Waals surface area (Å²) < 4.78 is 0. The van der Waals surface area contributed by atoms with Crippen LogP contribution in [0, 0.1) is 20.8 Å². The predicted molar refractivity (Wildman–Crippen MR) is 114 cm³/mol. The Balaban J connectivity index is 1.72. The third-order valence-electron chi connectivity index (χ3n) is 5.56. The minimum Gasteiger partial charge on any atom is -0.354 e. The number of hydrogen-bond acceptors (Lipinski definition) is 4. The van der Waals surface area contributed by atoms with Crippen LogP contribution in [0.4, 0.5) is 5.82 Å². The summed E-state index contributed by atoms with van der Waals surface area (Å²) in [6.07, 6.45) is 0.938. The molecule has 0 unspecified atom stereocenters. The number of nitrogens with zero attached hydrogens (tertiary/aromatic N) is 4. The van der Waals surface area contributed by atoms with E-state index < -0.39 is 0 Å². The summed E-state index contributed by atoms with van der Waals surface area (Å²) in [4.78, 5) is 26.4. The number of carbonyl (C=O) groups is 1. The Morgan fingerprint density at radius 2 is 1.61 bits per heavy atom. The largest absolute Gasteiger partial charge is 0.354 e. The maximum atomic E-state index is 13.0. The molecular weight excluding hydrogens is 348 g/mol. The number of hydrogen-bond donors (Lipinski definition) is 0. The zero-order valence-electron chi connectivity index (χ0n) is 18.0. The normalized spacial score (nSPS) is 15.5. The molecule has 28 heavy (non-hydrogen) atoms. The number of rotatable bonds is 2. The lowest BCUT2D eigenvalue weighted by atomic mass is 9.86. The van der Waals surface area contributed by atoms with Crippen molar-refractivity contribution in [2.45, 2.75) is 53.4 Å². The summed E-state index contributed by atoms with van der Waals surface area (Å²) in [5.41, 5.74) is 4.26. The lowest BCUT2D eigenvalue weighted by Gasteiger charge is -2.25. The fraction of sp³-hybridized carbons (Fsp3) is 0.522. The van der Waals surface area contributed by atoms with Crippen molar-refractivity contribution < 1.29 is 4.79 Å². The van der Waals surface area contributed by atoms with Crippen molar-refractivity contribution in [3.8, 4) is 0 Å².